The van der Waals surface area contributed by atoms with E-state index in [1.54, 1.807) is 0 Å². The van der Waals surface area contributed by atoms with Crippen LogP contribution in [0.25, 0.3) is 6.08 Å². The molecule has 4 nitrogen and oxygen atoms in total. The van der Waals surface area contributed by atoms with E-state index in [0.717, 1.165) is 29.1 Å². The molecule has 1 aliphatic rings. The third-order valence-electron chi connectivity index (χ3n) is 1.60. The minimum atomic E-state index is 0.786. The molecule has 0 spiro atoms. The summed E-state index contributed by atoms with van der Waals surface area (Å²) in [5, 5.41) is 16.2. The van der Waals surface area contributed by atoms with Crippen LogP contribution >= 0.6 is 0 Å². The molecular weight excluding hydrogens is 130 g/mol. The average molecular weight is 137 g/mol. The molecule has 0 aliphatic heterocycles. The molecule has 0 aromatic carbocycles. The van der Waals surface area contributed by atoms with Crippen LogP contribution < -0.4 is 0 Å². The van der Waals surface area contributed by atoms with Gasteiger partial charge in [-0.3, -0.25) is 0 Å². The summed E-state index contributed by atoms with van der Waals surface area (Å²) in [6, 6.07) is 0. The predicted molar refractivity (Wildman–Crippen MR) is 34.6 cm³/mol. The second-order valence-corrected chi connectivity index (χ2v) is 2.25. The lowest BCUT2D eigenvalue weighted by Gasteiger charge is -2.01. The van der Waals surface area contributed by atoms with Crippen LogP contribution in [-0.4, -0.2) is 20.4 Å². The van der Waals surface area contributed by atoms with Crippen LogP contribution in [0.3, 0.4) is 0 Å². The second kappa shape index (κ2) is 1.83. The summed E-state index contributed by atoms with van der Waals surface area (Å²) in [7, 11) is 0. The lowest BCUT2D eigenvalue weighted by Crippen LogP contribution is -2.01. The molecule has 0 saturated carbocycles. The number of hydrogen-bond donors (Lipinski definition) is 1. The molecule has 2 rings (SSSR count). The summed E-state index contributed by atoms with van der Waals surface area (Å²) < 4.78 is 0. The number of rotatable bonds is 0. The Hall–Kier alpha value is -1.32. The first-order valence-corrected chi connectivity index (χ1v) is 3.18. The number of fused-ring (bicyclic) bond motifs is 1. The third-order valence-corrected chi connectivity index (χ3v) is 1.60. The van der Waals surface area contributed by atoms with Gasteiger partial charge in [-0.15, -0.1) is 5.10 Å². The molecule has 1 aromatic heterocycles. The van der Waals surface area contributed by atoms with Crippen LogP contribution in [0, 0.1) is 0 Å². The van der Waals surface area contributed by atoms with Gasteiger partial charge < -0.3 is 5.21 Å². The van der Waals surface area contributed by atoms with Crippen molar-refractivity contribution < 1.29 is 5.21 Å². The molecule has 1 aromatic rings. The van der Waals surface area contributed by atoms with Crippen molar-refractivity contribution in [3.8, 4) is 0 Å². The molecule has 0 fully saturated rings. The molecule has 1 N–H and O–H groups in total. The highest BCUT2D eigenvalue weighted by molar-refractivity contribution is 5.49. The van der Waals surface area contributed by atoms with Gasteiger partial charge >= 0.3 is 0 Å². The Kier molecular flexibility index (Phi) is 1.00. The highest BCUT2D eigenvalue weighted by Crippen LogP contribution is 2.14. The number of hydrogen-bond acceptors (Lipinski definition) is 3. The molecule has 0 saturated heterocycles. The summed E-state index contributed by atoms with van der Waals surface area (Å²) in [6.45, 7) is 0. The van der Waals surface area contributed by atoms with E-state index >= 15 is 0 Å². The van der Waals surface area contributed by atoms with Crippen LogP contribution in [0.15, 0.2) is 6.08 Å². The predicted octanol–water partition coefficient (Wildman–Crippen LogP) is 0.475. The molecule has 0 atom stereocenters. The standard InChI is InChI=1S/C6H7N3O/c10-9-6-4-2-1-3-5(6)7-8-9/h1,3,10H,2,4H2. The van der Waals surface area contributed by atoms with Gasteiger partial charge in [-0.2, -0.15) is 0 Å². The van der Waals surface area contributed by atoms with Crippen LogP contribution in [0.1, 0.15) is 17.8 Å². The summed E-state index contributed by atoms with van der Waals surface area (Å²) in [5.41, 5.74) is 1.59. The molecular formula is C6H7N3O. The maximum atomic E-state index is 9.01. The Labute approximate surface area is 57.7 Å². The van der Waals surface area contributed by atoms with Crippen molar-refractivity contribution in [1.82, 2.24) is 15.2 Å². The molecule has 0 radical (unpaired) electrons. The van der Waals surface area contributed by atoms with Crippen LogP contribution in [0.5, 0.6) is 0 Å². The molecule has 0 amide bonds. The zero-order chi connectivity index (χ0) is 6.97. The van der Waals surface area contributed by atoms with Crippen molar-refractivity contribution in [1.29, 1.82) is 0 Å². The van der Waals surface area contributed by atoms with E-state index in [1.807, 2.05) is 12.2 Å². The smallest absolute Gasteiger partial charge is 0.112 e. The second-order valence-electron chi connectivity index (χ2n) is 2.25. The van der Waals surface area contributed by atoms with E-state index in [0.29, 0.717) is 0 Å². The maximum Gasteiger partial charge on any atom is 0.112 e. The van der Waals surface area contributed by atoms with E-state index in [1.165, 1.54) is 0 Å². The fourth-order valence-electron chi connectivity index (χ4n) is 1.08. The van der Waals surface area contributed by atoms with Crippen molar-refractivity contribution in [3.63, 3.8) is 0 Å². The lowest BCUT2D eigenvalue weighted by atomic mass is 10.1. The largest absolute Gasteiger partial charge is 0.410 e. The zero-order valence-electron chi connectivity index (χ0n) is 5.36. The van der Waals surface area contributed by atoms with E-state index in [4.69, 9.17) is 5.21 Å². The monoisotopic (exact) mass is 137 g/mol. The number of nitrogens with zero attached hydrogens (tertiary/aromatic N) is 3. The Balaban J connectivity index is 2.57. The Morgan fingerprint density at radius 1 is 1.60 bits per heavy atom. The van der Waals surface area contributed by atoms with E-state index in [2.05, 4.69) is 10.3 Å². The molecule has 10 heavy (non-hydrogen) atoms. The summed E-state index contributed by atoms with van der Waals surface area (Å²) >= 11 is 0. The molecule has 0 bridgehead atoms. The van der Waals surface area contributed by atoms with Gasteiger partial charge in [0, 0.05) is 0 Å². The van der Waals surface area contributed by atoms with Gasteiger partial charge in [0.15, 0.2) is 0 Å². The molecule has 4 heteroatoms. The zero-order valence-corrected chi connectivity index (χ0v) is 5.36. The van der Waals surface area contributed by atoms with Gasteiger partial charge in [-0.05, 0) is 24.1 Å². The first-order valence-electron chi connectivity index (χ1n) is 3.18. The highest BCUT2D eigenvalue weighted by atomic mass is 16.5. The van der Waals surface area contributed by atoms with E-state index < -0.39 is 0 Å². The van der Waals surface area contributed by atoms with Gasteiger partial charge in [-0.1, -0.05) is 10.9 Å². The van der Waals surface area contributed by atoms with Gasteiger partial charge in [0.1, 0.15) is 11.4 Å². The average Bonchev–Trinajstić information content (AvgIpc) is 2.34. The quantitative estimate of drug-likeness (QED) is 0.529. The SMILES string of the molecule is On1nnc2c1CCC=C2. The Morgan fingerprint density at radius 2 is 2.50 bits per heavy atom. The molecule has 52 valence electrons. The van der Waals surface area contributed by atoms with Crippen molar-refractivity contribution >= 4 is 6.08 Å². The van der Waals surface area contributed by atoms with Crippen LogP contribution in [-0.2, 0) is 6.42 Å². The summed E-state index contributed by atoms with van der Waals surface area (Å²) in [6.07, 6.45) is 5.69. The van der Waals surface area contributed by atoms with Crippen molar-refractivity contribution in [2.75, 3.05) is 0 Å². The Bertz CT molecular complexity index is 277. The fourth-order valence-corrected chi connectivity index (χ4v) is 1.08. The van der Waals surface area contributed by atoms with Crippen molar-refractivity contribution in [2.24, 2.45) is 0 Å². The fraction of sp³-hybridized carbons (Fsp3) is 0.333. The maximum absolute atomic E-state index is 9.01. The first-order chi connectivity index (χ1) is 4.88. The summed E-state index contributed by atoms with van der Waals surface area (Å²) in [5.74, 6) is 0. The summed E-state index contributed by atoms with van der Waals surface area (Å²) in [4.78, 5) is 0.846. The van der Waals surface area contributed by atoms with Gasteiger partial charge in [-0.25, -0.2) is 0 Å². The lowest BCUT2D eigenvalue weighted by molar-refractivity contribution is 0.134. The minimum Gasteiger partial charge on any atom is -0.410 e. The van der Waals surface area contributed by atoms with Crippen molar-refractivity contribution in [2.45, 2.75) is 12.8 Å². The number of allylic oxidation sites excluding steroid dienone is 1. The van der Waals surface area contributed by atoms with Gasteiger partial charge in [0.2, 0.25) is 0 Å². The Morgan fingerprint density at radius 3 is 3.30 bits per heavy atom. The van der Waals surface area contributed by atoms with Crippen molar-refractivity contribution in [3.05, 3.63) is 17.5 Å². The molecule has 0 unspecified atom stereocenters. The van der Waals surface area contributed by atoms with Crippen LogP contribution in [0.4, 0.5) is 0 Å². The van der Waals surface area contributed by atoms with Gasteiger partial charge in [0.25, 0.3) is 0 Å². The topological polar surface area (TPSA) is 50.9 Å². The van der Waals surface area contributed by atoms with E-state index in [-0.39, 0.29) is 0 Å². The third kappa shape index (κ3) is 0.618. The molecule has 1 heterocycles. The van der Waals surface area contributed by atoms with E-state index in [9.17, 15) is 0 Å². The number of aromatic nitrogens is 3. The first kappa shape index (κ1) is 5.46. The normalized spacial score (nSPS) is 15.2. The molecule has 1 aliphatic carbocycles. The van der Waals surface area contributed by atoms with Gasteiger partial charge in [0.05, 0.1) is 0 Å². The minimum absolute atomic E-state index is 0.786. The van der Waals surface area contributed by atoms with Crippen LogP contribution in [0.2, 0.25) is 0 Å². The highest BCUT2D eigenvalue weighted by Gasteiger charge is 2.11.